The molecule has 0 fully saturated rings. The largest absolute Gasteiger partial charge is 0.328 e. The van der Waals surface area contributed by atoms with Crippen LogP contribution >= 0.6 is 0 Å². The van der Waals surface area contributed by atoms with Gasteiger partial charge < -0.3 is 5.32 Å². The number of urea groups is 1. The van der Waals surface area contributed by atoms with Crippen LogP contribution < -0.4 is 10.6 Å². The molecular formula is C19H24FN7O. The molecule has 1 aromatic carbocycles. The molecule has 0 saturated heterocycles. The first kappa shape index (κ1) is 19.5. The van der Waals surface area contributed by atoms with Crippen LogP contribution in [0.5, 0.6) is 0 Å². The van der Waals surface area contributed by atoms with E-state index in [1.165, 1.54) is 18.5 Å². The number of carbonyl (C=O) groups excluding carboxylic acids is 1. The smallest absolute Gasteiger partial charge is 0.320 e. The summed E-state index contributed by atoms with van der Waals surface area (Å²) in [6.45, 7) is 6.46. The summed E-state index contributed by atoms with van der Waals surface area (Å²) in [4.78, 5) is 16.8. The fourth-order valence-electron chi connectivity index (χ4n) is 3.15. The number of nitrogens with zero attached hydrogens (tertiary/aromatic N) is 5. The van der Waals surface area contributed by atoms with E-state index in [1.54, 1.807) is 28.5 Å². The third-order valence-corrected chi connectivity index (χ3v) is 4.50. The molecule has 3 rings (SSSR count). The molecule has 0 spiro atoms. The first-order valence-electron chi connectivity index (χ1n) is 9.21. The molecule has 0 aliphatic heterocycles. The van der Waals surface area contributed by atoms with Gasteiger partial charge in [-0.1, -0.05) is 19.1 Å². The van der Waals surface area contributed by atoms with Gasteiger partial charge in [0, 0.05) is 19.2 Å². The Hall–Kier alpha value is -3.23. The van der Waals surface area contributed by atoms with Crippen molar-refractivity contribution in [2.24, 2.45) is 7.05 Å². The lowest BCUT2D eigenvalue weighted by atomic mass is 10.0. The van der Waals surface area contributed by atoms with Crippen LogP contribution in [0, 0.1) is 5.82 Å². The lowest BCUT2D eigenvalue weighted by Crippen LogP contribution is -2.33. The predicted molar refractivity (Wildman–Crippen MR) is 104 cm³/mol. The molecule has 148 valence electrons. The second-order valence-corrected chi connectivity index (χ2v) is 6.41. The molecule has 28 heavy (non-hydrogen) atoms. The number of aryl methyl sites for hydroxylation is 3. The predicted octanol–water partition coefficient (Wildman–Crippen LogP) is 3.28. The summed E-state index contributed by atoms with van der Waals surface area (Å²) in [7, 11) is 1.76. The quantitative estimate of drug-likeness (QED) is 0.681. The minimum Gasteiger partial charge on any atom is -0.328 e. The standard InChI is InChI=1S/C19H24FN7O/c1-5-15-16(13-7-9-14(20)10-8-13)18(26(4)25-15)24-19(28)23-12(3)17-21-11-22-27(17)6-2/h7-12H,5-6H2,1-4H3,(H2,23,24,28)/t12-/m0/s1. The van der Waals surface area contributed by atoms with Crippen molar-refractivity contribution >= 4 is 11.8 Å². The normalized spacial score (nSPS) is 12.0. The monoisotopic (exact) mass is 385 g/mol. The van der Waals surface area contributed by atoms with Crippen molar-refractivity contribution in [1.82, 2.24) is 29.9 Å². The van der Waals surface area contributed by atoms with Crippen LogP contribution in [-0.4, -0.2) is 30.6 Å². The van der Waals surface area contributed by atoms with Crippen molar-refractivity contribution in [2.45, 2.75) is 39.8 Å². The highest BCUT2D eigenvalue weighted by atomic mass is 19.1. The number of nitrogens with one attached hydrogen (secondary N) is 2. The minimum atomic E-state index is -0.382. The average molecular weight is 385 g/mol. The van der Waals surface area contributed by atoms with Gasteiger partial charge in [0.05, 0.1) is 11.7 Å². The SMILES string of the molecule is CCc1nn(C)c(NC(=O)N[C@@H](C)c2ncnn2CC)c1-c1ccc(F)cc1. The number of aromatic nitrogens is 5. The Morgan fingerprint density at radius 1 is 1.25 bits per heavy atom. The van der Waals surface area contributed by atoms with E-state index < -0.39 is 0 Å². The minimum absolute atomic E-state index is 0.313. The molecule has 1 atom stereocenters. The second kappa shape index (κ2) is 8.20. The summed E-state index contributed by atoms with van der Waals surface area (Å²) >= 11 is 0. The fraction of sp³-hybridized carbons (Fsp3) is 0.368. The summed E-state index contributed by atoms with van der Waals surface area (Å²) in [5.74, 6) is 0.910. The second-order valence-electron chi connectivity index (χ2n) is 6.41. The summed E-state index contributed by atoms with van der Waals surface area (Å²) in [5.41, 5.74) is 2.40. The van der Waals surface area contributed by atoms with Crippen molar-refractivity contribution in [3.63, 3.8) is 0 Å². The molecule has 2 aromatic heterocycles. The first-order valence-corrected chi connectivity index (χ1v) is 9.21. The zero-order valence-electron chi connectivity index (χ0n) is 16.4. The Morgan fingerprint density at radius 2 is 1.96 bits per heavy atom. The molecule has 0 radical (unpaired) electrons. The molecule has 0 aliphatic carbocycles. The highest BCUT2D eigenvalue weighted by molar-refractivity contribution is 5.94. The van der Waals surface area contributed by atoms with Crippen molar-refractivity contribution in [3.05, 3.63) is 47.9 Å². The van der Waals surface area contributed by atoms with Crippen LogP contribution in [0.3, 0.4) is 0 Å². The number of benzene rings is 1. The first-order chi connectivity index (χ1) is 13.4. The van der Waals surface area contributed by atoms with Gasteiger partial charge in [-0.3, -0.25) is 10.00 Å². The van der Waals surface area contributed by atoms with Crippen molar-refractivity contribution < 1.29 is 9.18 Å². The van der Waals surface area contributed by atoms with Gasteiger partial charge >= 0.3 is 6.03 Å². The van der Waals surface area contributed by atoms with Gasteiger partial charge in [0.25, 0.3) is 0 Å². The van der Waals surface area contributed by atoms with Crippen LogP contribution in [0.2, 0.25) is 0 Å². The van der Waals surface area contributed by atoms with Gasteiger partial charge in [-0.25, -0.2) is 18.9 Å². The lowest BCUT2D eigenvalue weighted by molar-refractivity contribution is 0.248. The van der Waals surface area contributed by atoms with Crippen molar-refractivity contribution in [1.29, 1.82) is 0 Å². The zero-order valence-corrected chi connectivity index (χ0v) is 16.4. The van der Waals surface area contributed by atoms with Crippen LogP contribution in [-0.2, 0) is 20.0 Å². The third-order valence-electron chi connectivity index (χ3n) is 4.50. The van der Waals surface area contributed by atoms with Crippen molar-refractivity contribution in [2.75, 3.05) is 5.32 Å². The van der Waals surface area contributed by atoms with E-state index in [2.05, 4.69) is 25.8 Å². The fourth-order valence-corrected chi connectivity index (χ4v) is 3.15. The van der Waals surface area contributed by atoms with Gasteiger partial charge in [-0.05, 0) is 38.0 Å². The molecule has 0 saturated carbocycles. The van der Waals surface area contributed by atoms with Crippen LogP contribution in [0.1, 0.15) is 38.3 Å². The summed E-state index contributed by atoms with van der Waals surface area (Å²) in [5, 5.41) is 14.4. The van der Waals surface area contributed by atoms with Gasteiger partial charge in [-0.2, -0.15) is 10.2 Å². The molecular weight excluding hydrogens is 361 g/mol. The van der Waals surface area contributed by atoms with E-state index in [0.29, 0.717) is 24.6 Å². The Balaban J connectivity index is 1.84. The number of hydrogen-bond donors (Lipinski definition) is 2. The van der Waals surface area contributed by atoms with Gasteiger partial charge in [-0.15, -0.1) is 0 Å². The summed E-state index contributed by atoms with van der Waals surface area (Å²) in [6.07, 6.45) is 2.15. The van der Waals surface area contributed by atoms with Gasteiger partial charge in [0.15, 0.2) is 0 Å². The maximum Gasteiger partial charge on any atom is 0.320 e. The molecule has 2 N–H and O–H groups in total. The Bertz CT molecular complexity index is 961. The third kappa shape index (κ3) is 3.88. The number of rotatable bonds is 6. The summed E-state index contributed by atoms with van der Waals surface area (Å²) in [6, 6.07) is 5.45. The number of halogens is 1. The van der Waals surface area contributed by atoms with E-state index in [-0.39, 0.29) is 17.9 Å². The van der Waals surface area contributed by atoms with E-state index in [1.807, 2.05) is 20.8 Å². The van der Waals surface area contributed by atoms with E-state index in [9.17, 15) is 9.18 Å². The molecule has 3 aromatic rings. The number of carbonyl (C=O) groups is 1. The highest BCUT2D eigenvalue weighted by Crippen LogP contribution is 2.32. The summed E-state index contributed by atoms with van der Waals surface area (Å²) < 4.78 is 16.7. The Morgan fingerprint density at radius 3 is 2.61 bits per heavy atom. The van der Waals surface area contributed by atoms with Gasteiger partial charge in [0.1, 0.15) is 23.8 Å². The molecule has 2 amide bonds. The maximum absolute atomic E-state index is 13.3. The average Bonchev–Trinajstić information content (AvgIpc) is 3.27. The van der Waals surface area contributed by atoms with Gasteiger partial charge in [0.2, 0.25) is 0 Å². The Labute approximate surface area is 162 Å². The maximum atomic E-state index is 13.3. The van der Waals surface area contributed by atoms with E-state index in [4.69, 9.17) is 0 Å². The Kier molecular flexibility index (Phi) is 5.72. The number of amides is 2. The molecule has 2 heterocycles. The van der Waals surface area contributed by atoms with Crippen molar-refractivity contribution in [3.8, 4) is 11.1 Å². The molecule has 9 heteroatoms. The lowest BCUT2D eigenvalue weighted by Gasteiger charge is -2.15. The molecule has 0 aliphatic rings. The topological polar surface area (TPSA) is 89.7 Å². The van der Waals surface area contributed by atoms with E-state index >= 15 is 0 Å². The molecule has 0 unspecified atom stereocenters. The highest BCUT2D eigenvalue weighted by Gasteiger charge is 2.21. The van der Waals surface area contributed by atoms with Crippen LogP contribution in [0.4, 0.5) is 15.0 Å². The van der Waals surface area contributed by atoms with Crippen LogP contribution in [0.25, 0.3) is 11.1 Å². The van der Waals surface area contributed by atoms with Crippen LogP contribution in [0.15, 0.2) is 30.6 Å². The number of anilines is 1. The zero-order chi connectivity index (χ0) is 20.3. The number of hydrogen-bond acceptors (Lipinski definition) is 4. The van der Waals surface area contributed by atoms with E-state index in [0.717, 1.165) is 16.8 Å². The molecule has 8 nitrogen and oxygen atoms in total. The molecule has 0 bridgehead atoms.